The van der Waals surface area contributed by atoms with Crippen LogP contribution in [0.25, 0.3) is 0 Å². The van der Waals surface area contributed by atoms with Crippen molar-refractivity contribution in [2.45, 2.75) is 6.17 Å². The summed E-state index contributed by atoms with van der Waals surface area (Å²) >= 11 is 0. The Morgan fingerprint density at radius 2 is 2.57 bits per heavy atom. The van der Waals surface area contributed by atoms with Gasteiger partial charge in [0.15, 0.2) is 0 Å². The van der Waals surface area contributed by atoms with Crippen molar-refractivity contribution in [3.8, 4) is 0 Å². The zero-order chi connectivity index (χ0) is 5.11. The van der Waals surface area contributed by atoms with Gasteiger partial charge >= 0.3 is 0 Å². The molecule has 0 radical (unpaired) electrons. The first-order chi connectivity index (χ1) is 3.43. The van der Waals surface area contributed by atoms with E-state index in [1.165, 1.54) is 0 Å². The fourth-order valence-corrected chi connectivity index (χ4v) is 0.615. The van der Waals surface area contributed by atoms with E-state index in [4.69, 9.17) is 0 Å². The summed E-state index contributed by atoms with van der Waals surface area (Å²) in [4.78, 5) is 0. The van der Waals surface area contributed by atoms with Gasteiger partial charge in [0.05, 0.1) is 0 Å². The van der Waals surface area contributed by atoms with Gasteiger partial charge < -0.3 is 0 Å². The molecule has 0 bridgehead atoms. The first-order valence-electron chi connectivity index (χ1n) is 2.14. The average Bonchev–Trinajstić information content (AvgIpc) is 2.14. The Balaban J connectivity index is 2.76. The molecule has 0 fully saturated rings. The van der Waals surface area contributed by atoms with Crippen LogP contribution in [0.2, 0.25) is 0 Å². The molecule has 1 aromatic heterocycles. The molecule has 0 aromatic carbocycles. The second-order valence-corrected chi connectivity index (χ2v) is 1.80. The quantitative estimate of drug-likeness (QED) is 0.396. The smallest absolute Gasteiger partial charge is 0.137 e. The number of aromatic nitrogens is 4. The normalized spacial score (nSPS) is 9.71. The molecule has 0 saturated carbocycles. The van der Waals surface area contributed by atoms with Crippen molar-refractivity contribution in [2.75, 3.05) is 0 Å². The van der Waals surface area contributed by atoms with Crippen LogP contribution in [0, 0.1) is 0 Å². The Labute approximate surface area is 44.0 Å². The van der Waals surface area contributed by atoms with Gasteiger partial charge in [0.25, 0.3) is 0 Å². The van der Waals surface area contributed by atoms with Gasteiger partial charge in [-0.15, -0.1) is 5.10 Å². The molecule has 0 aliphatic rings. The maximum Gasteiger partial charge on any atom is 0.137 e. The Morgan fingerprint density at radius 3 is 2.86 bits per heavy atom. The molecule has 1 heterocycles. The van der Waals surface area contributed by atoms with Crippen LogP contribution in [0.1, 0.15) is 0 Å². The van der Waals surface area contributed by atoms with Crippen molar-refractivity contribution >= 4 is 10.2 Å². The highest BCUT2D eigenvalue weighted by molar-refractivity contribution is 6.06. The molecule has 38 valence electrons. The highest BCUT2D eigenvalue weighted by Gasteiger charge is 1.80. The third-order valence-corrected chi connectivity index (χ3v) is 1.36. The van der Waals surface area contributed by atoms with E-state index < -0.39 is 0 Å². The number of hydrogen-bond donors (Lipinski definition) is 0. The van der Waals surface area contributed by atoms with Gasteiger partial charge in [-0.1, -0.05) is 0 Å². The lowest BCUT2D eigenvalue weighted by atomic mass is 11.2. The molecule has 1 aromatic rings. The molecule has 4 nitrogen and oxygen atoms in total. The molecule has 0 aliphatic heterocycles. The summed E-state index contributed by atoms with van der Waals surface area (Å²) < 4.78 is 1.71. The van der Waals surface area contributed by atoms with Crippen LogP contribution in [-0.4, -0.2) is 30.4 Å². The van der Waals surface area contributed by atoms with E-state index in [2.05, 4.69) is 15.5 Å². The first kappa shape index (κ1) is 4.45. The molecular weight excluding hydrogens is 108 g/mol. The maximum absolute atomic E-state index is 3.62. The largest absolute Gasteiger partial charge is 0.236 e. The average molecular weight is 114 g/mol. The molecule has 0 aliphatic carbocycles. The zero-order valence-corrected chi connectivity index (χ0v) is 6.07. The van der Waals surface area contributed by atoms with Gasteiger partial charge in [-0.3, -0.25) is 0 Å². The van der Waals surface area contributed by atoms with E-state index in [1.807, 2.05) is 0 Å². The van der Waals surface area contributed by atoms with E-state index >= 15 is 0 Å². The minimum absolute atomic E-state index is 0.979. The van der Waals surface area contributed by atoms with Crippen molar-refractivity contribution in [3.05, 3.63) is 6.33 Å². The molecule has 0 spiro atoms. The SMILES string of the molecule is [SiH3]Cn1cnnn1. The van der Waals surface area contributed by atoms with Crippen LogP contribution in [0.3, 0.4) is 0 Å². The third kappa shape index (κ3) is 0.832. The van der Waals surface area contributed by atoms with Crippen molar-refractivity contribution < 1.29 is 0 Å². The Bertz CT molecular complexity index is 124. The lowest BCUT2D eigenvalue weighted by Gasteiger charge is -1.83. The van der Waals surface area contributed by atoms with Crippen LogP contribution in [0.4, 0.5) is 0 Å². The molecule has 1 rings (SSSR count). The van der Waals surface area contributed by atoms with E-state index in [9.17, 15) is 0 Å². The molecule has 7 heavy (non-hydrogen) atoms. The fourth-order valence-electron chi connectivity index (χ4n) is 0.325. The molecular formula is C2H6N4Si. The molecule has 0 N–H and O–H groups in total. The van der Waals surface area contributed by atoms with E-state index in [0.717, 1.165) is 16.4 Å². The second kappa shape index (κ2) is 1.83. The Kier molecular flexibility index (Phi) is 1.16. The Morgan fingerprint density at radius 1 is 1.71 bits per heavy atom. The monoisotopic (exact) mass is 114 g/mol. The summed E-state index contributed by atoms with van der Waals surface area (Å²) in [5.74, 6) is 0. The summed E-state index contributed by atoms with van der Waals surface area (Å²) in [6, 6.07) is 0. The number of nitrogens with zero attached hydrogens (tertiary/aromatic N) is 4. The third-order valence-electron chi connectivity index (χ3n) is 0.715. The van der Waals surface area contributed by atoms with Crippen molar-refractivity contribution in [2.24, 2.45) is 0 Å². The van der Waals surface area contributed by atoms with Gasteiger partial charge in [-0.2, -0.15) is 0 Å². The van der Waals surface area contributed by atoms with Crippen LogP contribution in [-0.2, 0) is 6.17 Å². The topological polar surface area (TPSA) is 43.6 Å². The number of hydrogen-bond acceptors (Lipinski definition) is 3. The predicted octanol–water partition coefficient (Wildman–Crippen LogP) is -2.00. The lowest BCUT2D eigenvalue weighted by molar-refractivity contribution is 0.692. The summed E-state index contributed by atoms with van der Waals surface area (Å²) in [6.45, 7) is 0. The predicted molar refractivity (Wildman–Crippen MR) is 27.8 cm³/mol. The van der Waals surface area contributed by atoms with Gasteiger partial charge in [-0.05, 0) is 10.4 Å². The fraction of sp³-hybridized carbons (Fsp3) is 0.500. The van der Waals surface area contributed by atoms with Gasteiger partial charge in [0, 0.05) is 16.4 Å². The van der Waals surface area contributed by atoms with E-state index in [0.29, 0.717) is 0 Å². The standard InChI is InChI=1S/C2H6N4Si/c7-2-6-1-3-4-5-6/h1H,2H2,7H3. The number of rotatable bonds is 1. The van der Waals surface area contributed by atoms with Crippen molar-refractivity contribution in [1.82, 2.24) is 20.2 Å². The minimum atomic E-state index is 0.979. The highest BCUT2D eigenvalue weighted by Crippen LogP contribution is 1.67. The van der Waals surface area contributed by atoms with E-state index in [-0.39, 0.29) is 0 Å². The molecule has 5 heteroatoms. The van der Waals surface area contributed by atoms with Crippen LogP contribution in [0.5, 0.6) is 0 Å². The molecule has 0 unspecified atom stereocenters. The molecule has 0 saturated heterocycles. The summed E-state index contributed by atoms with van der Waals surface area (Å²) in [5.41, 5.74) is 0. The molecule has 0 atom stereocenters. The zero-order valence-electron chi connectivity index (χ0n) is 4.07. The molecule has 0 amide bonds. The summed E-state index contributed by atoms with van der Waals surface area (Å²) in [7, 11) is 1.11. The van der Waals surface area contributed by atoms with Gasteiger partial charge in [0.2, 0.25) is 0 Å². The summed E-state index contributed by atoms with van der Waals surface area (Å²) in [6.07, 6.45) is 2.60. The number of tetrazole rings is 1. The van der Waals surface area contributed by atoms with Crippen LogP contribution in [0.15, 0.2) is 6.33 Å². The Hall–Kier alpha value is -0.713. The summed E-state index contributed by atoms with van der Waals surface area (Å²) in [5, 5.41) is 10.5. The maximum atomic E-state index is 3.62. The van der Waals surface area contributed by atoms with Crippen molar-refractivity contribution in [3.63, 3.8) is 0 Å². The second-order valence-electron chi connectivity index (χ2n) is 1.17. The van der Waals surface area contributed by atoms with Crippen LogP contribution < -0.4 is 0 Å². The van der Waals surface area contributed by atoms with Gasteiger partial charge in [-0.25, -0.2) is 4.68 Å². The first-order valence-corrected chi connectivity index (χ1v) is 3.55. The van der Waals surface area contributed by atoms with Gasteiger partial charge in [0.1, 0.15) is 6.33 Å². The highest BCUT2D eigenvalue weighted by atomic mass is 28.1. The van der Waals surface area contributed by atoms with E-state index in [1.54, 1.807) is 11.0 Å². The van der Waals surface area contributed by atoms with Crippen LogP contribution >= 0.6 is 0 Å². The minimum Gasteiger partial charge on any atom is -0.236 e. The van der Waals surface area contributed by atoms with Crippen molar-refractivity contribution in [1.29, 1.82) is 0 Å². The lowest BCUT2D eigenvalue weighted by Crippen LogP contribution is -1.96.